The number of amides is 1. The van der Waals surface area contributed by atoms with Crippen LogP contribution in [0.4, 0.5) is 11.4 Å². The predicted molar refractivity (Wildman–Crippen MR) is 145 cm³/mol. The molecule has 0 aromatic heterocycles. The van der Waals surface area contributed by atoms with Gasteiger partial charge in [0, 0.05) is 53.7 Å². The first-order valence-corrected chi connectivity index (χ1v) is 13.1. The summed E-state index contributed by atoms with van der Waals surface area (Å²) in [6.07, 6.45) is 4.78. The smallest absolute Gasteiger partial charge is 0.255 e. The summed E-state index contributed by atoms with van der Waals surface area (Å²) >= 11 is 6.10. The Morgan fingerprint density at radius 1 is 0.886 bits per heavy atom. The molecule has 5 heteroatoms. The summed E-state index contributed by atoms with van der Waals surface area (Å²) in [6, 6.07) is 26.3. The van der Waals surface area contributed by atoms with E-state index in [9.17, 15) is 4.79 Å². The molecule has 2 aliphatic rings. The molecule has 1 saturated carbocycles. The van der Waals surface area contributed by atoms with Gasteiger partial charge in [0.25, 0.3) is 5.91 Å². The number of carbonyl (C=O) groups is 1. The molecule has 3 aromatic carbocycles. The molecule has 2 fully saturated rings. The van der Waals surface area contributed by atoms with E-state index in [1.54, 1.807) is 24.3 Å². The molecule has 35 heavy (non-hydrogen) atoms. The second-order valence-electron chi connectivity index (χ2n) is 10.1. The second-order valence-corrected chi connectivity index (χ2v) is 10.5. The van der Waals surface area contributed by atoms with Crippen molar-refractivity contribution in [2.75, 3.05) is 36.4 Å². The number of rotatable bonds is 5. The summed E-state index contributed by atoms with van der Waals surface area (Å²) in [5.41, 5.74) is 4.06. The third kappa shape index (κ3) is 5.24. The van der Waals surface area contributed by atoms with Gasteiger partial charge in [-0.15, -0.1) is 0 Å². The average Bonchev–Trinajstić information content (AvgIpc) is 2.90. The number of hydrogen-bond donors (Lipinski definition) is 1. The number of piperazine rings is 1. The van der Waals surface area contributed by atoms with E-state index in [-0.39, 0.29) is 11.4 Å². The lowest BCUT2D eigenvalue weighted by atomic mass is 9.71. The minimum Gasteiger partial charge on any atom is -0.369 e. The van der Waals surface area contributed by atoms with Gasteiger partial charge in [0.05, 0.1) is 0 Å². The largest absolute Gasteiger partial charge is 0.369 e. The third-order valence-electron chi connectivity index (χ3n) is 7.85. The summed E-state index contributed by atoms with van der Waals surface area (Å²) in [4.78, 5) is 18.1. The SMILES string of the molecule is C[C@H]1CC[C@](c2cccc(NC(=O)c3cccc(Cl)c3)c2)(N2CCN(c3ccccc3)CC2)CC1. The summed E-state index contributed by atoms with van der Waals surface area (Å²) in [5, 5.41) is 3.66. The number of halogens is 1. The fourth-order valence-corrected chi connectivity index (χ4v) is 5.97. The molecule has 0 unspecified atom stereocenters. The third-order valence-corrected chi connectivity index (χ3v) is 8.09. The van der Waals surface area contributed by atoms with Crippen molar-refractivity contribution in [3.63, 3.8) is 0 Å². The van der Waals surface area contributed by atoms with Gasteiger partial charge >= 0.3 is 0 Å². The fourth-order valence-electron chi connectivity index (χ4n) is 5.78. The van der Waals surface area contributed by atoms with Gasteiger partial charge in [-0.25, -0.2) is 0 Å². The number of benzene rings is 3. The molecule has 1 aliphatic heterocycles. The average molecular weight is 488 g/mol. The lowest BCUT2D eigenvalue weighted by molar-refractivity contribution is 0.0299. The zero-order valence-electron chi connectivity index (χ0n) is 20.4. The Bertz CT molecular complexity index is 1150. The van der Waals surface area contributed by atoms with Crippen molar-refractivity contribution >= 4 is 28.9 Å². The Morgan fingerprint density at radius 2 is 1.60 bits per heavy atom. The van der Waals surface area contributed by atoms with Gasteiger partial charge < -0.3 is 10.2 Å². The summed E-state index contributed by atoms with van der Waals surface area (Å²) in [5.74, 6) is 0.631. The number of nitrogens with zero attached hydrogens (tertiary/aromatic N) is 2. The van der Waals surface area contributed by atoms with Crippen molar-refractivity contribution in [1.29, 1.82) is 0 Å². The molecule has 1 saturated heterocycles. The van der Waals surface area contributed by atoms with Crippen LogP contribution in [0.15, 0.2) is 78.9 Å². The minimum absolute atomic E-state index is 0.0199. The molecule has 4 nitrogen and oxygen atoms in total. The van der Waals surface area contributed by atoms with Crippen molar-refractivity contribution in [1.82, 2.24) is 4.90 Å². The van der Waals surface area contributed by atoms with E-state index in [1.165, 1.54) is 24.1 Å². The van der Waals surface area contributed by atoms with Crippen LogP contribution >= 0.6 is 11.6 Å². The zero-order valence-corrected chi connectivity index (χ0v) is 21.2. The first-order chi connectivity index (χ1) is 17.0. The quantitative estimate of drug-likeness (QED) is 0.429. The maximum Gasteiger partial charge on any atom is 0.255 e. The Morgan fingerprint density at radius 3 is 2.31 bits per heavy atom. The van der Waals surface area contributed by atoms with Crippen molar-refractivity contribution in [3.8, 4) is 0 Å². The van der Waals surface area contributed by atoms with Crippen molar-refractivity contribution in [3.05, 3.63) is 95.0 Å². The summed E-state index contributed by atoms with van der Waals surface area (Å²) < 4.78 is 0. The molecule has 5 rings (SSSR count). The van der Waals surface area contributed by atoms with Crippen LogP contribution in [0.2, 0.25) is 5.02 Å². The van der Waals surface area contributed by atoms with E-state index < -0.39 is 0 Å². The lowest BCUT2D eigenvalue weighted by Gasteiger charge is -2.51. The van der Waals surface area contributed by atoms with Crippen molar-refractivity contribution in [2.24, 2.45) is 5.92 Å². The number of para-hydroxylation sites is 1. The van der Waals surface area contributed by atoms with Crippen LogP contribution in [0, 0.1) is 5.92 Å². The highest BCUT2D eigenvalue weighted by Gasteiger charge is 2.42. The number of nitrogens with one attached hydrogen (secondary N) is 1. The van der Waals surface area contributed by atoms with Crippen molar-refractivity contribution in [2.45, 2.75) is 38.1 Å². The van der Waals surface area contributed by atoms with Crippen LogP contribution in [0.5, 0.6) is 0 Å². The first kappa shape index (κ1) is 23.9. The monoisotopic (exact) mass is 487 g/mol. The lowest BCUT2D eigenvalue weighted by Crippen LogP contribution is -2.56. The van der Waals surface area contributed by atoms with Gasteiger partial charge in [-0.05, 0) is 79.6 Å². The Labute approximate surface area is 213 Å². The molecule has 182 valence electrons. The highest BCUT2D eigenvalue weighted by atomic mass is 35.5. The van der Waals surface area contributed by atoms with Gasteiger partial charge in [-0.1, -0.05) is 54.9 Å². The van der Waals surface area contributed by atoms with Crippen LogP contribution < -0.4 is 10.2 Å². The van der Waals surface area contributed by atoms with E-state index >= 15 is 0 Å². The molecular formula is C30H34ClN3O. The van der Waals surface area contributed by atoms with E-state index in [0.717, 1.165) is 50.6 Å². The van der Waals surface area contributed by atoms with E-state index in [0.29, 0.717) is 10.6 Å². The highest BCUT2D eigenvalue weighted by Crippen LogP contribution is 2.45. The highest BCUT2D eigenvalue weighted by molar-refractivity contribution is 6.31. The van der Waals surface area contributed by atoms with E-state index in [2.05, 4.69) is 70.6 Å². The molecule has 1 N–H and O–H groups in total. The van der Waals surface area contributed by atoms with E-state index in [4.69, 9.17) is 11.6 Å². The summed E-state index contributed by atoms with van der Waals surface area (Å²) in [6.45, 7) is 6.53. The normalized spacial score (nSPS) is 23.1. The molecule has 0 spiro atoms. The molecule has 0 bridgehead atoms. The van der Waals surface area contributed by atoms with Gasteiger partial charge in [0.15, 0.2) is 0 Å². The molecule has 1 amide bonds. The number of anilines is 2. The topological polar surface area (TPSA) is 35.6 Å². The number of hydrogen-bond acceptors (Lipinski definition) is 3. The second kappa shape index (κ2) is 10.4. The Kier molecular flexibility index (Phi) is 7.12. The Balaban J connectivity index is 1.37. The number of carbonyl (C=O) groups excluding carboxylic acids is 1. The van der Waals surface area contributed by atoms with Gasteiger partial charge in [-0.3, -0.25) is 9.69 Å². The Hall–Kier alpha value is -2.82. The van der Waals surface area contributed by atoms with Crippen LogP contribution in [0.3, 0.4) is 0 Å². The maximum atomic E-state index is 12.9. The molecule has 1 aliphatic carbocycles. The molecule has 3 aromatic rings. The van der Waals surface area contributed by atoms with Gasteiger partial charge in [0.2, 0.25) is 0 Å². The fraction of sp³-hybridized carbons (Fsp3) is 0.367. The predicted octanol–water partition coefficient (Wildman–Crippen LogP) is 6.82. The van der Waals surface area contributed by atoms with Crippen LogP contribution in [-0.2, 0) is 5.54 Å². The van der Waals surface area contributed by atoms with Crippen LogP contribution in [0.25, 0.3) is 0 Å². The molecular weight excluding hydrogens is 454 g/mol. The van der Waals surface area contributed by atoms with Crippen LogP contribution in [0.1, 0.15) is 48.5 Å². The standard InChI is InChI=1S/C30H34ClN3O/c1-23-13-15-30(16-14-23,34-19-17-33(18-20-34)28-11-3-2-4-12-28)25-8-6-10-27(22-25)32-29(35)24-7-5-9-26(31)21-24/h2-12,21-23H,13-20H2,1H3,(H,32,35)/t23-,30-. The minimum atomic E-state index is -0.132. The van der Waals surface area contributed by atoms with Gasteiger partial charge in [-0.2, -0.15) is 0 Å². The zero-order chi connectivity index (χ0) is 24.3. The van der Waals surface area contributed by atoms with Crippen LogP contribution in [-0.4, -0.2) is 37.0 Å². The van der Waals surface area contributed by atoms with Gasteiger partial charge in [0.1, 0.15) is 0 Å². The maximum absolute atomic E-state index is 12.9. The first-order valence-electron chi connectivity index (χ1n) is 12.8. The molecule has 0 atom stereocenters. The molecule has 1 heterocycles. The summed E-state index contributed by atoms with van der Waals surface area (Å²) in [7, 11) is 0. The molecule has 0 radical (unpaired) electrons. The van der Waals surface area contributed by atoms with E-state index in [1.807, 2.05) is 6.07 Å². The van der Waals surface area contributed by atoms with Crippen molar-refractivity contribution < 1.29 is 4.79 Å².